The third-order valence-corrected chi connectivity index (χ3v) is 6.45. The normalized spacial score (nSPS) is 16.3. The van der Waals surface area contributed by atoms with E-state index in [0.29, 0.717) is 4.31 Å². The first-order valence-corrected chi connectivity index (χ1v) is 10.6. The van der Waals surface area contributed by atoms with Crippen LogP contribution in [0.4, 0.5) is 10.1 Å². The molecule has 1 heterocycles. The van der Waals surface area contributed by atoms with Crippen LogP contribution in [0, 0.1) is 5.82 Å². The zero-order valence-electron chi connectivity index (χ0n) is 14.4. The second-order valence-electron chi connectivity index (χ2n) is 5.98. The molecule has 0 spiro atoms. The lowest BCUT2D eigenvalue weighted by Gasteiger charge is -2.28. The van der Waals surface area contributed by atoms with Crippen molar-refractivity contribution in [2.75, 3.05) is 11.9 Å². The van der Waals surface area contributed by atoms with Crippen LogP contribution in [0.25, 0.3) is 0 Å². The van der Waals surface area contributed by atoms with Gasteiger partial charge in [-0.3, -0.25) is 9.59 Å². The maximum atomic E-state index is 13.9. The molecule has 2 aromatic carbocycles. The topological polar surface area (TPSA) is 95.6 Å². The molecule has 0 aliphatic carbocycles. The maximum absolute atomic E-state index is 13.9. The minimum atomic E-state index is -4.18. The number of fused-ring (bicyclic) bond motifs is 1. The van der Waals surface area contributed by atoms with Crippen molar-refractivity contribution in [3.63, 3.8) is 0 Å². The Morgan fingerprint density at radius 1 is 1.10 bits per heavy atom. The number of anilines is 1. The van der Waals surface area contributed by atoms with Gasteiger partial charge in [0.1, 0.15) is 23.4 Å². The first-order chi connectivity index (χ1) is 13.5. The molecule has 7 nitrogen and oxygen atoms in total. The number of hydrogen-bond acceptors (Lipinski definition) is 5. The third kappa shape index (κ3) is 4.42. The quantitative estimate of drug-likeness (QED) is 0.507. The number of rotatable bonds is 5. The average Bonchev–Trinajstić information content (AvgIpc) is 2.83. The summed E-state index contributed by atoms with van der Waals surface area (Å²) >= 11 is 17.6. The van der Waals surface area contributed by atoms with Gasteiger partial charge in [-0.15, -0.1) is 0 Å². The lowest BCUT2D eigenvalue weighted by atomic mass is 10.2. The van der Waals surface area contributed by atoms with Gasteiger partial charge < -0.3 is 10.6 Å². The maximum Gasteiger partial charge on any atom is 0.269 e. The van der Waals surface area contributed by atoms with Gasteiger partial charge >= 0.3 is 0 Å². The molecular formula is C17H13Cl3FN3O4S. The molecule has 0 aromatic heterocycles. The molecule has 1 atom stereocenters. The molecule has 1 aliphatic rings. The predicted octanol–water partition coefficient (Wildman–Crippen LogP) is 2.89. The molecule has 0 saturated carbocycles. The number of nitrogens with zero attached hydrogens (tertiary/aromatic N) is 1. The average molecular weight is 481 g/mol. The molecule has 2 N–H and O–H groups in total. The largest absolute Gasteiger partial charge is 0.359 e. The molecule has 29 heavy (non-hydrogen) atoms. The highest BCUT2D eigenvalue weighted by atomic mass is 35.6. The monoisotopic (exact) mass is 479 g/mol. The van der Waals surface area contributed by atoms with E-state index in [2.05, 4.69) is 10.6 Å². The molecular weight excluding hydrogens is 468 g/mol. The van der Waals surface area contributed by atoms with E-state index < -0.39 is 44.2 Å². The highest BCUT2D eigenvalue weighted by Crippen LogP contribution is 2.32. The molecule has 3 rings (SSSR count). The molecule has 0 unspecified atom stereocenters. The number of amides is 2. The van der Waals surface area contributed by atoms with Gasteiger partial charge in [0.2, 0.25) is 9.70 Å². The SMILES string of the molecule is O=C(CN1C(=O)c2ccccc2S1(=O)=O)N[C@H](Nc1ccccc1F)C(Cl)(Cl)Cl. The summed E-state index contributed by atoms with van der Waals surface area (Å²) in [6.07, 6.45) is -1.42. The van der Waals surface area contributed by atoms with Gasteiger partial charge in [-0.2, -0.15) is 0 Å². The van der Waals surface area contributed by atoms with E-state index in [1.807, 2.05) is 0 Å². The van der Waals surface area contributed by atoms with Crippen LogP contribution in [0.1, 0.15) is 10.4 Å². The van der Waals surface area contributed by atoms with Crippen LogP contribution in [0.15, 0.2) is 53.4 Å². The number of para-hydroxylation sites is 1. The van der Waals surface area contributed by atoms with Crippen LogP contribution in [-0.4, -0.2) is 41.0 Å². The van der Waals surface area contributed by atoms with Crippen LogP contribution in [0.5, 0.6) is 0 Å². The standard InChI is InChI=1S/C17H13Cl3FN3O4S/c18-17(19,20)16(22-12-7-3-2-6-11(12)21)23-14(25)9-24-15(26)10-5-1-4-8-13(10)29(24,27)28/h1-8,16,22H,9H2,(H,23,25)/t16-/m0/s1. The lowest BCUT2D eigenvalue weighted by Crippen LogP contribution is -2.52. The summed E-state index contributed by atoms with van der Waals surface area (Å²) in [5.41, 5.74) is -0.0934. The van der Waals surface area contributed by atoms with Gasteiger partial charge in [0.05, 0.1) is 11.3 Å². The zero-order chi connectivity index (χ0) is 21.4. The fraction of sp³-hybridized carbons (Fsp3) is 0.176. The number of sulfonamides is 1. The van der Waals surface area contributed by atoms with Crippen molar-refractivity contribution in [2.24, 2.45) is 0 Å². The van der Waals surface area contributed by atoms with Crippen LogP contribution in [0.3, 0.4) is 0 Å². The zero-order valence-corrected chi connectivity index (χ0v) is 17.5. The molecule has 154 valence electrons. The number of alkyl halides is 3. The molecule has 0 radical (unpaired) electrons. The lowest BCUT2D eigenvalue weighted by molar-refractivity contribution is -0.121. The summed E-state index contributed by atoms with van der Waals surface area (Å²) in [6, 6.07) is 11.1. The Labute approximate surface area is 180 Å². The Morgan fingerprint density at radius 2 is 1.72 bits per heavy atom. The van der Waals surface area contributed by atoms with E-state index in [0.717, 1.165) is 6.07 Å². The Balaban J connectivity index is 1.78. The molecule has 2 aromatic rings. The Kier molecular flexibility index (Phi) is 5.96. The summed E-state index contributed by atoms with van der Waals surface area (Å²) in [6.45, 7) is -0.841. The third-order valence-electron chi connectivity index (χ3n) is 4.01. The van der Waals surface area contributed by atoms with Gasteiger partial charge in [-0.05, 0) is 24.3 Å². The number of halogens is 4. The summed E-state index contributed by atoms with van der Waals surface area (Å²) in [7, 11) is -4.18. The van der Waals surface area contributed by atoms with Crippen molar-refractivity contribution >= 4 is 62.3 Å². The fourth-order valence-corrected chi connectivity index (χ4v) is 4.51. The van der Waals surface area contributed by atoms with E-state index in [-0.39, 0.29) is 16.1 Å². The summed E-state index contributed by atoms with van der Waals surface area (Å²) < 4.78 is 37.2. The predicted molar refractivity (Wildman–Crippen MR) is 107 cm³/mol. The van der Waals surface area contributed by atoms with Gasteiger partial charge in [0.25, 0.3) is 15.9 Å². The fourth-order valence-electron chi connectivity index (χ4n) is 2.66. The van der Waals surface area contributed by atoms with E-state index in [9.17, 15) is 22.4 Å². The summed E-state index contributed by atoms with van der Waals surface area (Å²) in [5, 5.41) is 4.81. The van der Waals surface area contributed by atoms with Crippen LogP contribution in [0.2, 0.25) is 0 Å². The number of nitrogens with one attached hydrogen (secondary N) is 2. The van der Waals surface area contributed by atoms with Crippen LogP contribution >= 0.6 is 34.8 Å². The summed E-state index contributed by atoms with van der Waals surface area (Å²) in [5.74, 6) is -2.44. The number of carbonyl (C=O) groups excluding carboxylic acids is 2. The van der Waals surface area contributed by atoms with E-state index in [1.54, 1.807) is 0 Å². The van der Waals surface area contributed by atoms with Crippen LogP contribution < -0.4 is 10.6 Å². The number of benzene rings is 2. The van der Waals surface area contributed by atoms with Crippen molar-refractivity contribution in [3.05, 3.63) is 59.9 Å². The van der Waals surface area contributed by atoms with Gasteiger partial charge in [-0.25, -0.2) is 17.1 Å². The van der Waals surface area contributed by atoms with Crippen molar-refractivity contribution in [1.29, 1.82) is 0 Å². The molecule has 12 heteroatoms. The van der Waals surface area contributed by atoms with Gasteiger partial charge in [-0.1, -0.05) is 59.1 Å². The van der Waals surface area contributed by atoms with Crippen molar-refractivity contribution in [3.8, 4) is 0 Å². The van der Waals surface area contributed by atoms with Gasteiger partial charge in [0.15, 0.2) is 0 Å². The first-order valence-electron chi connectivity index (χ1n) is 8.05. The minimum absolute atomic E-state index is 0.0392. The second-order valence-corrected chi connectivity index (χ2v) is 10.2. The molecule has 0 saturated heterocycles. The molecule has 0 bridgehead atoms. The Bertz CT molecular complexity index is 1080. The van der Waals surface area contributed by atoms with Crippen molar-refractivity contribution < 1.29 is 22.4 Å². The van der Waals surface area contributed by atoms with E-state index >= 15 is 0 Å². The smallest absolute Gasteiger partial charge is 0.269 e. The van der Waals surface area contributed by atoms with Crippen molar-refractivity contribution in [2.45, 2.75) is 14.9 Å². The molecule has 2 amide bonds. The Hall–Kier alpha value is -2.07. The highest BCUT2D eigenvalue weighted by Gasteiger charge is 2.43. The van der Waals surface area contributed by atoms with E-state index in [4.69, 9.17) is 34.8 Å². The van der Waals surface area contributed by atoms with Gasteiger partial charge in [0, 0.05) is 0 Å². The Morgan fingerprint density at radius 3 is 2.34 bits per heavy atom. The second kappa shape index (κ2) is 7.98. The molecule has 0 fully saturated rings. The highest BCUT2D eigenvalue weighted by molar-refractivity contribution is 7.90. The minimum Gasteiger partial charge on any atom is -0.359 e. The first kappa shape index (κ1) is 21.6. The van der Waals surface area contributed by atoms with Crippen LogP contribution in [-0.2, 0) is 14.8 Å². The number of hydrogen-bond donors (Lipinski definition) is 2. The summed E-state index contributed by atoms with van der Waals surface area (Å²) in [4.78, 5) is 24.6. The van der Waals surface area contributed by atoms with E-state index in [1.165, 1.54) is 42.5 Å². The number of carbonyl (C=O) groups is 2. The molecule has 1 aliphatic heterocycles. The van der Waals surface area contributed by atoms with Crippen molar-refractivity contribution in [1.82, 2.24) is 9.62 Å².